The first-order chi connectivity index (χ1) is 9.49. The molecule has 0 fully saturated rings. The molecule has 5 nitrogen and oxygen atoms in total. The van der Waals surface area contributed by atoms with E-state index in [4.69, 9.17) is 4.42 Å². The summed E-state index contributed by atoms with van der Waals surface area (Å²) in [7, 11) is 3.75. The van der Waals surface area contributed by atoms with E-state index in [1.165, 1.54) is 18.2 Å². The van der Waals surface area contributed by atoms with Gasteiger partial charge in [0, 0.05) is 18.5 Å². The van der Waals surface area contributed by atoms with E-state index >= 15 is 0 Å². The molecule has 0 aliphatic carbocycles. The first kappa shape index (κ1) is 14.2. The van der Waals surface area contributed by atoms with Crippen LogP contribution in [0.1, 0.15) is 10.4 Å². The minimum Gasteiger partial charge on any atom is -0.419 e. The summed E-state index contributed by atoms with van der Waals surface area (Å²) in [5.41, 5.74) is -1.10. The van der Waals surface area contributed by atoms with Crippen molar-refractivity contribution in [2.45, 2.75) is 0 Å². The van der Waals surface area contributed by atoms with Gasteiger partial charge in [-0.15, -0.1) is 0 Å². The van der Waals surface area contributed by atoms with Crippen molar-refractivity contribution in [2.75, 3.05) is 27.2 Å². The van der Waals surface area contributed by atoms with Crippen LogP contribution in [0, 0.1) is 5.82 Å². The summed E-state index contributed by atoms with van der Waals surface area (Å²) in [6.07, 6.45) is 0. The number of carbonyl (C=O) groups is 1. The fourth-order valence-electron chi connectivity index (χ4n) is 1.76. The molecule has 0 radical (unpaired) electrons. The summed E-state index contributed by atoms with van der Waals surface area (Å²) in [6.45, 7) is 1.06. The Morgan fingerprint density at radius 2 is 2.15 bits per heavy atom. The van der Waals surface area contributed by atoms with Crippen LogP contribution in [0.2, 0.25) is 0 Å². The smallest absolute Gasteiger partial charge is 0.349 e. The largest absolute Gasteiger partial charge is 0.419 e. The van der Waals surface area contributed by atoms with Gasteiger partial charge in [-0.25, -0.2) is 9.18 Å². The number of carbonyl (C=O) groups excluding carboxylic acids is 1. The maximum absolute atomic E-state index is 13.5. The van der Waals surface area contributed by atoms with Crippen molar-refractivity contribution >= 4 is 16.9 Å². The van der Waals surface area contributed by atoms with Crippen molar-refractivity contribution in [2.24, 2.45) is 0 Å². The number of fused-ring (bicyclic) bond motifs is 1. The zero-order valence-corrected chi connectivity index (χ0v) is 11.3. The van der Waals surface area contributed by atoms with Gasteiger partial charge in [-0.3, -0.25) is 4.79 Å². The molecule has 0 saturated heterocycles. The minimum atomic E-state index is -0.843. The molecule has 0 bridgehead atoms. The van der Waals surface area contributed by atoms with E-state index in [9.17, 15) is 14.0 Å². The Hall–Kier alpha value is -2.21. The van der Waals surface area contributed by atoms with Crippen LogP contribution in [0.5, 0.6) is 0 Å². The van der Waals surface area contributed by atoms with Gasteiger partial charge in [0.15, 0.2) is 11.4 Å². The number of nitrogens with zero attached hydrogens (tertiary/aromatic N) is 1. The number of likely N-dealkylation sites (N-methyl/N-ethyl adjacent to an activating group) is 1. The number of nitrogens with one attached hydrogen (secondary N) is 1. The zero-order valence-electron chi connectivity index (χ0n) is 11.3. The van der Waals surface area contributed by atoms with Crippen LogP contribution in [0.4, 0.5) is 4.39 Å². The summed E-state index contributed by atoms with van der Waals surface area (Å²) < 4.78 is 18.3. The molecule has 0 spiro atoms. The van der Waals surface area contributed by atoms with E-state index in [0.29, 0.717) is 18.5 Å². The molecule has 106 valence electrons. The lowest BCUT2D eigenvalue weighted by molar-refractivity contribution is 0.0947. The fraction of sp³-hybridized carbons (Fsp3) is 0.286. The van der Waals surface area contributed by atoms with Crippen LogP contribution in [-0.4, -0.2) is 38.0 Å². The molecule has 2 aromatic rings. The van der Waals surface area contributed by atoms with Crippen molar-refractivity contribution in [1.29, 1.82) is 0 Å². The van der Waals surface area contributed by atoms with Crippen molar-refractivity contribution in [3.63, 3.8) is 0 Å². The quantitative estimate of drug-likeness (QED) is 0.854. The third kappa shape index (κ3) is 3.03. The lowest BCUT2D eigenvalue weighted by atomic mass is 10.1. The molecular formula is C14H15FN2O3. The lowest BCUT2D eigenvalue weighted by Gasteiger charge is -2.10. The fourth-order valence-corrected chi connectivity index (χ4v) is 1.76. The molecule has 6 heteroatoms. The Bertz CT molecular complexity index is 694. The van der Waals surface area contributed by atoms with Gasteiger partial charge in [0.25, 0.3) is 5.91 Å². The highest BCUT2D eigenvalue weighted by molar-refractivity contribution is 5.96. The van der Waals surface area contributed by atoms with Gasteiger partial charge in [0.2, 0.25) is 0 Å². The molecule has 2 rings (SSSR count). The number of amides is 1. The van der Waals surface area contributed by atoms with Crippen molar-refractivity contribution in [3.05, 3.63) is 46.1 Å². The molecule has 1 heterocycles. The van der Waals surface area contributed by atoms with E-state index in [1.54, 1.807) is 6.07 Å². The maximum Gasteiger partial charge on any atom is 0.349 e. The average Bonchev–Trinajstić information content (AvgIpc) is 2.38. The number of hydrogen-bond acceptors (Lipinski definition) is 4. The Balaban J connectivity index is 2.28. The van der Waals surface area contributed by atoms with Gasteiger partial charge < -0.3 is 14.6 Å². The minimum absolute atomic E-state index is 0.123. The molecule has 1 amide bonds. The summed E-state index contributed by atoms with van der Waals surface area (Å²) in [5, 5.41) is 2.99. The first-order valence-electron chi connectivity index (χ1n) is 6.14. The Labute approximate surface area is 115 Å². The van der Waals surface area contributed by atoms with Crippen LogP contribution in [-0.2, 0) is 0 Å². The third-order valence-corrected chi connectivity index (χ3v) is 2.80. The molecule has 0 aliphatic rings. The second-order valence-corrected chi connectivity index (χ2v) is 4.66. The molecule has 0 atom stereocenters. The number of benzene rings is 1. The Morgan fingerprint density at radius 3 is 2.85 bits per heavy atom. The van der Waals surface area contributed by atoms with Gasteiger partial charge in [-0.1, -0.05) is 12.1 Å². The molecular weight excluding hydrogens is 263 g/mol. The summed E-state index contributed by atoms with van der Waals surface area (Å²) >= 11 is 0. The number of halogens is 1. The second kappa shape index (κ2) is 5.83. The molecule has 1 aromatic carbocycles. The van der Waals surface area contributed by atoms with E-state index in [-0.39, 0.29) is 11.1 Å². The molecule has 0 unspecified atom stereocenters. The highest BCUT2D eigenvalue weighted by atomic mass is 19.1. The topological polar surface area (TPSA) is 62.6 Å². The van der Waals surface area contributed by atoms with Crippen LogP contribution in [0.25, 0.3) is 11.0 Å². The Kier molecular flexibility index (Phi) is 4.14. The van der Waals surface area contributed by atoms with E-state index < -0.39 is 17.3 Å². The van der Waals surface area contributed by atoms with Crippen LogP contribution >= 0.6 is 0 Å². The highest BCUT2D eigenvalue weighted by Crippen LogP contribution is 2.16. The molecule has 0 saturated carbocycles. The summed E-state index contributed by atoms with van der Waals surface area (Å²) in [5.74, 6) is -1.15. The standard InChI is InChI=1S/C14H15FN2O3/c1-17(2)7-6-16-13(18)10-8-9-4-3-5-11(15)12(9)20-14(10)19/h3-5,8H,6-7H2,1-2H3,(H,16,18). The third-order valence-electron chi connectivity index (χ3n) is 2.80. The van der Waals surface area contributed by atoms with Gasteiger partial charge in [-0.2, -0.15) is 0 Å². The van der Waals surface area contributed by atoms with Gasteiger partial charge in [0.1, 0.15) is 5.56 Å². The molecule has 20 heavy (non-hydrogen) atoms. The van der Waals surface area contributed by atoms with Crippen LogP contribution in [0.15, 0.2) is 33.5 Å². The van der Waals surface area contributed by atoms with Crippen LogP contribution < -0.4 is 10.9 Å². The normalized spacial score (nSPS) is 11.0. The van der Waals surface area contributed by atoms with Gasteiger partial charge >= 0.3 is 5.63 Å². The summed E-state index contributed by atoms with van der Waals surface area (Å²) in [6, 6.07) is 5.61. The van der Waals surface area contributed by atoms with E-state index in [1.807, 2.05) is 19.0 Å². The highest BCUT2D eigenvalue weighted by Gasteiger charge is 2.14. The summed E-state index contributed by atoms with van der Waals surface area (Å²) in [4.78, 5) is 25.5. The van der Waals surface area contributed by atoms with E-state index in [2.05, 4.69) is 5.32 Å². The average molecular weight is 278 g/mol. The number of rotatable bonds is 4. The Morgan fingerprint density at radius 1 is 1.40 bits per heavy atom. The second-order valence-electron chi connectivity index (χ2n) is 4.66. The number of para-hydroxylation sites is 1. The van der Waals surface area contributed by atoms with Crippen LogP contribution in [0.3, 0.4) is 0 Å². The number of hydrogen-bond donors (Lipinski definition) is 1. The van der Waals surface area contributed by atoms with E-state index in [0.717, 1.165) is 0 Å². The SMILES string of the molecule is CN(C)CCNC(=O)c1cc2cccc(F)c2oc1=O. The monoisotopic (exact) mass is 278 g/mol. The predicted octanol–water partition coefficient (Wildman–Crippen LogP) is 1.22. The van der Waals surface area contributed by atoms with Crippen molar-refractivity contribution < 1.29 is 13.6 Å². The molecule has 0 aliphatic heterocycles. The van der Waals surface area contributed by atoms with Crippen molar-refractivity contribution in [1.82, 2.24) is 10.2 Å². The first-order valence-corrected chi connectivity index (χ1v) is 6.14. The van der Waals surface area contributed by atoms with Gasteiger partial charge in [0.05, 0.1) is 0 Å². The van der Waals surface area contributed by atoms with Crippen molar-refractivity contribution in [3.8, 4) is 0 Å². The predicted molar refractivity (Wildman–Crippen MR) is 73.3 cm³/mol. The zero-order chi connectivity index (χ0) is 14.7. The lowest BCUT2D eigenvalue weighted by Crippen LogP contribution is -2.33. The molecule has 1 aromatic heterocycles. The van der Waals surface area contributed by atoms with Gasteiger partial charge in [-0.05, 0) is 26.2 Å². The maximum atomic E-state index is 13.5. The molecule has 1 N–H and O–H groups in total.